The Morgan fingerprint density at radius 3 is 2.88 bits per heavy atom. The molecule has 4 rings (SSSR count). The molecular weight excluding hydrogens is 326 g/mol. The lowest BCUT2D eigenvalue weighted by Gasteiger charge is -2.22. The molecule has 0 spiro atoms. The van der Waals surface area contributed by atoms with Crippen LogP contribution in [-0.2, 0) is 17.8 Å². The lowest BCUT2D eigenvalue weighted by Crippen LogP contribution is -2.36. The van der Waals surface area contributed by atoms with Gasteiger partial charge in [-0.3, -0.25) is 14.8 Å². The van der Waals surface area contributed by atoms with Gasteiger partial charge in [-0.15, -0.1) is 0 Å². The van der Waals surface area contributed by atoms with Crippen LogP contribution in [0.25, 0.3) is 10.9 Å². The third-order valence-corrected chi connectivity index (χ3v) is 5.25. The Kier molecular flexibility index (Phi) is 4.75. The number of carbonyl (C=O) groups is 1. The van der Waals surface area contributed by atoms with Crippen LogP contribution >= 0.6 is 0 Å². The standard InChI is InChI=1S/C20H25N5O/c1-15-18(17-5-2-3-6-19(17)22-15)13-20(26)25-10-4-9-24(11-12-25)14-16-7-8-21-23-16/h2-3,5-8,22H,4,9-14H2,1H3,(H,21,23). The van der Waals surface area contributed by atoms with Gasteiger partial charge in [-0.1, -0.05) is 18.2 Å². The van der Waals surface area contributed by atoms with Gasteiger partial charge in [0.15, 0.2) is 0 Å². The molecule has 0 atom stereocenters. The van der Waals surface area contributed by atoms with Gasteiger partial charge in [0.25, 0.3) is 0 Å². The molecule has 3 heterocycles. The molecule has 1 aliphatic heterocycles. The van der Waals surface area contributed by atoms with Crippen LogP contribution in [0.4, 0.5) is 0 Å². The van der Waals surface area contributed by atoms with E-state index in [1.165, 1.54) is 0 Å². The zero-order valence-corrected chi connectivity index (χ0v) is 15.2. The third-order valence-electron chi connectivity index (χ3n) is 5.25. The average Bonchev–Trinajstić information content (AvgIpc) is 3.17. The normalized spacial score (nSPS) is 16.1. The first-order chi connectivity index (χ1) is 12.7. The van der Waals surface area contributed by atoms with Gasteiger partial charge in [0.2, 0.25) is 5.91 Å². The molecule has 0 unspecified atom stereocenters. The number of H-pyrrole nitrogens is 2. The number of fused-ring (bicyclic) bond motifs is 1. The number of amides is 1. The Bertz CT molecular complexity index is 883. The summed E-state index contributed by atoms with van der Waals surface area (Å²) in [5.74, 6) is 0.223. The number of aromatic amines is 2. The zero-order chi connectivity index (χ0) is 17.9. The second-order valence-corrected chi connectivity index (χ2v) is 7.04. The highest BCUT2D eigenvalue weighted by Crippen LogP contribution is 2.23. The Morgan fingerprint density at radius 1 is 1.15 bits per heavy atom. The number of para-hydroxylation sites is 1. The van der Waals surface area contributed by atoms with Crippen LogP contribution in [0.1, 0.15) is 23.4 Å². The molecule has 1 fully saturated rings. The second kappa shape index (κ2) is 7.33. The fourth-order valence-electron chi connectivity index (χ4n) is 3.82. The largest absolute Gasteiger partial charge is 0.358 e. The van der Waals surface area contributed by atoms with E-state index < -0.39 is 0 Å². The number of aromatic nitrogens is 3. The van der Waals surface area contributed by atoms with Crippen molar-refractivity contribution in [1.29, 1.82) is 0 Å². The predicted molar refractivity (Wildman–Crippen MR) is 102 cm³/mol. The van der Waals surface area contributed by atoms with Gasteiger partial charge in [-0.2, -0.15) is 5.10 Å². The number of rotatable bonds is 4. The Hall–Kier alpha value is -2.60. The molecule has 1 aromatic carbocycles. The van der Waals surface area contributed by atoms with E-state index in [2.05, 4.69) is 39.1 Å². The molecule has 26 heavy (non-hydrogen) atoms. The maximum absolute atomic E-state index is 12.9. The minimum absolute atomic E-state index is 0.223. The van der Waals surface area contributed by atoms with Crippen LogP contribution in [0.15, 0.2) is 36.5 Å². The van der Waals surface area contributed by atoms with Gasteiger partial charge >= 0.3 is 0 Å². The Morgan fingerprint density at radius 2 is 2.04 bits per heavy atom. The summed E-state index contributed by atoms with van der Waals surface area (Å²) < 4.78 is 0. The monoisotopic (exact) mass is 351 g/mol. The summed E-state index contributed by atoms with van der Waals surface area (Å²) in [5.41, 5.74) is 4.45. The SMILES string of the molecule is Cc1[nH]c2ccccc2c1CC(=O)N1CCCN(Cc2ccn[nH]2)CC1. The summed E-state index contributed by atoms with van der Waals surface area (Å²) in [6.07, 6.45) is 3.26. The number of aryl methyl sites for hydroxylation is 1. The van der Waals surface area contributed by atoms with E-state index in [0.717, 1.165) is 67.0 Å². The molecule has 136 valence electrons. The van der Waals surface area contributed by atoms with Crippen molar-refractivity contribution in [3.05, 3.63) is 53.5 Å². The molecule has 0 aliphatic carbocycles. The Balaban J connectivity index is 1.41. The van der Waals surface area contributed by atoms with Gasteiger partial charge in [0.05, 0.1) is 6.42 Å². The number of hydrogen-bond donors (Lipinski definition) is 2. The Labute approximate surface area is 153 Å². The molecule has 3 aromatic rings. The van der Waals surface area contributed by atoms with Crippen LogP contribution in [0.5, 0.6) is 0 Å². The van der Waals surface area contributed by atoms with Crippen molar-refractivity contribution < 1.29 is 4.79 Å². The van der Waals surface area contributed by atoms with Gasteiger partial charge in [-0.25, -0.2) is 0 Å². The van der Waals surface area contributed by atoms with E-state index in [0.29, 0.717) is 6.42 Å². The van der Waals surface area contributed by atoms with Crippen LogP contribution in [-0.4, -0.2) is 57.1 Å². The molecule has 0 saturated carbocycles. The molecule has 1 saturated heterocycles. The molecule has 0 radical (unpaired) electrons. The van der Waals surface area contributed by atoms with E-state index in [1.54, 1.807) is 6.20 Å². The average molecular weight is 351 g/mol. The first-order valence-electron chi connectivity index (χ1n) is 9.25. The number of benzene rings is 1. The molecule has 1 amide bonds. The van der Waals surface area contributed by atoms with Crippen molar-refractivity contribution in [3.8, 4) is 0 Å². The minimum atomic E-state index is 0.223. The van der Waals surface area contributed by atoms with E-state index >= 15 is 0 Å². The lowest BCUT2D eigenvalue weighted by atomic mass is 10.1. The predicted octanol–water partition coefficient (Wildman–Crippen LogP) is 2.48. The van der Waals surface area contributed by atoms with Gasteiger partial charge < -0.3 is 9.88 Å². The first-order valence-corrected chi connectivity index (χ1v) is 9.25. The van der Waals surface area contributed by atoms with Crippen molar-refractivity contribution in [2.75, 3.05) is 26.2 Å². The summed E-state index contributed by atoms with van der Waals surface area (Å²) >= 11 is 0. The highest BCUT2D eigenvalue weighted by atomic mass is 16.2. The molecular formula is C20H25N5O. The number of nitrogens with zero attached hydrogens (tertiary/aromatic N) is 3. The highest BCUT2D eigenvalue weighted by Gasteiger charge is 2.21. The van der Waals surface area contributed by atoms with Gasteiger partial charge in [0, 0.05) is 61.2 Å². The van der Waals surface area contributed by atoms with Crippen molar-refractivity contribution in [2.45, 2.75) is 26.3 Å². The van der Waals surface area contributed by atoms with Crippen LogP contribution < -0.4 is 0 Å². The number of nitrogens with one attached hydrogen (secondary N) is 2. The maximum atomic E-state index is 12.9. The molecule has 6 nitrogen and oxygen atoms in total. The van der Waals surface area contributed by atoms with Crippen molar-refractivity contribution in [1.82, 2.24) is 25.0 Å². The lowest BCUT2D eigenvalue weighted by molar-refractivity contribution is -0.130. The summed E-state index contributed by atoms with van der Waals surface area (Å²) in [6.45, 7) is 6.45. The third kappa shape index (κ3) is 3.51. The van der Waals surface area contributed by atoms with Crippen molar-refractivity contribution in [2.24, 2.45) is 0 Å². The smallest absolute Gasteiger partial charge is 0.227 e. The summed E-state index contributed by atoms with van der Waals surface area (Å²) in [4.78, 5) is 20.7. The molecule has 6 heteroatoms. The van der Waals surface area contributed by atoms with Crippen molar-refractivity contribution in [3.63, 3.8) is 0 Å². The first kappa shape index (κ1) is 16.8. The molecule has 0 bridgehead atoms. The fourth-order valence-corrected chi connectivity index (χ4v) is 3.82. The van der Waals surface area contributed by atoms with E-state index in [1.807, 2.05) is 23.1 Å². The maximum Gasteiger partial charge on any atom is 0.227 e. The van der Waals surface area contributed by atoms with Crippen LogP contribution in [0, 0.1) is 6.92 Å². The quantitative estimate of drug-likeness (QED) is 0.759. The molecule has 2 N–H and O–H groups in total. The number of carbonyl (C=O) groups excluding carboxylic acids is 1. The summed E-state index contributed by atoms with van der Waals surface area (Å²) in [5, 5.41) is 8.19. The minimum Gasteiger partial charge on any atom is -0.358 e. The van der Waals surface area contributed by atoms with E-state index in [4.69, 9.17) is 0 Å². The molecule has 2 aromatic heterocycles. The number of hydrogen-bond acceptors (Lipinski definition) is 3. The molecule has 1 aliphatic rings. The van der Waals surface area contributed by atoms with E-state index in [-0.39, 0.29) is 5.91 Å². The van der Waals surface area contributed by atoms with Gasteiger partial charge in [-0.05, 0) is 31.0 Å². The van der Waals surface area contributed by atoms with E-state index in [9.17, 15) is 4.79 Å². The van der Waals surface area contributed by atoms with Gasteiger partial charge in [0.1, 0.15) is 0 Å². The zero-order valence-electron chi connectivity index (χ0n) is 15.2. The second-order valence-electron chi connectivity index (χ2n) is 7.04. The van der Waals surface area contributed by atoms with Crippen molar-refractivity contribution >= 4 is 16.8 Å². The fraction of sp³-hybridized carbons (Fsp3) is 0.400. The highest BCUT2D eigenvalue weighted by molar-refractivity contribution is 5.90. The summed E-state index contributed by atoms with van der Waals surface area (Å²) in [7, 11) is 0. The topological polar surface area (TPSA) is 68.0 Å². The van der Waals surface area contributed by atoms with Crippen LogP contribution in [0.2, 0.25) is 0 Å². The van der Waals surface area contributed by atoms with Crippen LogP contribution in [0.3, 0.4) is 0 Å². The summed E-state index contributed by atoms with van der Waals surface area (Å²) in [6, 6.07) is 10.2.